The van der Waals surface area contributed by atoms with Crippen molar-refractivity contribution in [2.24, 2.45) is 0 Å². The van der Waals surface area contributed by atoms with E-state index in [4.69, 9.17) is 26.3 Å². The predicted octanol–water partition coefficient (Wildman–Crippen LogP) is 3.74. The SMILES string of the molecule is COc1ccc(/C=C(\C#N)C(=O)OCC(=O)c2ccc(Cl)s2)cc1. The van der Waals surface area contributed by atoms with E-state index in [0.29, 0.717) is 20.5 Å². The van der Waals surface area contributed by atoms with Crippen LogP contribution in [-0.2, 0) is 9.53 Å². The summed E-state index contributed by atoms with van der Waals surface area (Å²) in [5.74, 6) is -0.570. The Labute approximate surface area is 147 Å². The molecule has 0 atom stereocenters. The Kier molecular flexibility index (Phi) is 6.13. The molecule has 0 bridgehead atoms. The molecule has 7 heteroatoms. The van der Waals surface area contributed by atoms with Crippen molar-refractivity contribution in [1.82, 2.24) is 0 Å². The lowest BCUT2D eigenvalue weighted by molar-refractivity contribution is -0.137. The van der Waals surface area contributed by atoms with Gasteiger partial charge in [-0.25, -0.2) is 4.79 Å². The van der Waals surface area contributed by atoms with Gasteiger partial charge in [0, 0.05) is 0 Å². The molecule has 0 aliphatic rings. The number of nitriles is 1. The normalized spacial score (nSPS) is 10.8. The summed E-state index contributed by atoms with van der Waals surface area (Å²) < 4.78 is 10.4. The number of Topliss-reactive ketones (excluding diaryl/α,β-unsaturated/α-hetero) is 1. The Morgan fingerprint density at radius 3 is 2.50 bits per heavy atom. The first kappa shape index (κ1) is 17.7. The Balaban J connectivity index is 2.01. The smallest absolute Gasteiger partial charge is 0.349 e. The molecule has 0 aliphatic heterocycles. The van der Waals surface area contributed by atoms with E-state index in [1.165, 1.54) is 6.08 Å². The van der Waals surface area contributed by atoms with Gasteiger partial charge >= 0.3 is 5.97 Å². The monoisotopic (exact) mass is 361 g/mol. The molecule has 1 aromatic carbocycles. The number of thiophene rings is 1. The van der Waals surface area contributed by atoms with Crippen molar-refractivity contribution in [3.63, 3.8) is 0 Å². The van der Waals surface area contributed by atoms with E-state index < -0.39 is 12.6 Å². The molecule has 2 aromatic rings. The van der Waals surface area contributed by atoms with Gasteiger partial charge in [0.05, 0.1) is 16.3 Å². The summed E-state index contributed by atoms with van der Waals surface area (Å²) in [5.41, 5.74) is 0.442. The van der Waals surface area contributed by atoms with Crippen LogP contribution in [0.2, 0.25) is 4.34 Å². The molecule has 0 amide bonds. The van der Waals surface area contributed by atoms with E-state index in [-0.39, 0.29) is 11.4 Å². The fourth-order valence-corrected chi connectivity index (χ4v) is 2.72. The molecule has 0 N–H and O–H groups in total. The van der Waals surface area contributed by atoms with E-state index >= 15 is 0 Å². The molecule has 2 rings (SSSR count). The predicted molar refractivity (Wildman–Crippen MR) is 91.2 cm³/mol. The fourth-order valence-electron chi connectivity index (χ4n) is 1.75. The van der Waals surface area contributed by atoms with Crippen molar-refractivity contribution in [2.45, 2.75) is 0 Å². The maximum atomic E-state index is 11.9. The Morgan fingerprint density at radius 2 is 1.96 bits per heavy atom. The molecule has 122 valence electrons. The average molecular weight is 362 g/mol. The molecule has 0 fully saturated rings. The topological polar surface area (TPSA) is 76.4 Å². The second-order valence-electron chi connectivity index (χ2n) is 4.55. The number of halogens is 1. The minimum atomic E-state index is -0.857. The quantitative estimate of drug-likeness (QED) is 0.339. The van der Waals surface area contributed by atoms with Crippen LogP contribution in [0.4, 0.5) is 0 Å². The van der Waals surface area contributed by atoms with Gasteiger partial charge in [-0.3, -0.25) is 4.79 Å². The largest absolute Gasteiger partial charge is 0.497 e. The second-order valence-corrected chi connectivity index (χ2v) is 6.26. The minimum Gasteiger partial charge on any atom is -0.497 e. The number of carbonyl (C=O) groups excluding carboxylic acids is 2. The van der Waals surface area contributed by atoms with Gasteiger partial charge in [-0.15, -0.1) is 11.3 Å². The molecule has 0 saturated heterocycles. The van der Waals surface area contributed by atoms with Crippen LogP contribution in [0.25, 0.3) is 6.08 Å². The molecule has 5 nitrogen and oxygen atoms in total. The molecule has 1 aromatic heterocycles. The zero-order valence-corrected chi connectivity index (χ0v) is 14.2. The first-order valence-corrected chi connectivity index (χ1v) is 7.94. The van der Waals surface area contributed by atoms with E-state index in [0.717, 1.165) is 11.3 Å². The highest BCUT2D eigenvalue weighted by molar-refractivity contribution is 7.18. The number of ether oxygens (including phenoxy) is 2. The Hall–Kier alpha value is -2.62. The number of benzene rings is 1. The Morgan fingerprint density at radius 1 is 1.25 bits per heavy atom. The summed E-state index contributed by atoms with van der Waals surface area (Å²) in [6, 6.07) is 11.7. The number of esters is 1. The van der Waals surface area contributed by atoms with E-state index in [9.17, 15) is 9.59 Å². The van der Waals surface area contributed by atoms with Crippen molar-refractivity contribution in [2.75, 3.05) is 13.7 Å². The van der Waals surface area contributed by atoms with Gasteiger partial charge in [0.15, 0.2) is 6.61 Å². The molecular weight excluding hydrogens is 350 g/mol. The number of ketones is 1. The van der Waals surface area contributed by atoms with Crippen LogP contribution < -0.4 is 4.74 Å². The maximum Gasteiger partial charge on any atom is 0.349 e. The molecule has 0 unspecified atom stereocenters. The summed E-state index contributed by atoms with van der Waals surface area (Å²) in [6.07, 6.45) is 1.38. The highest BCUT2D eigenvalue weighted by Crippen LogP contribution is 2.22. The van der Waals surface area contributed by atoms with Crippen LogP contribution in [0.1, 0.15) is 15.2 Å². The van der Waals surface area contributed by atoms with Crippen LogP contribution in [-0.4, -0.2) is 25.5 Å². The first-order chi connectivity index (χ1) is 11.5. The molecule has 0 spiro atoms. The van der Waals surface area contributed by atoms with E-state index in [1.807, 2.05) is 0 Å². The van der Waals surface area contributed by atoms with Crippen LogP contribution >= 0.6 is 22.9 Å². The third-order valence-electron chi connectivity index (χ3n) is 2.95. The number of carbonyl (C=O) groups is 2. The van der Waals surface area contributed by atoms with Crippen molar-refractivity contribution >= 4 is 40.8 Å². The van der Waals surface area contributed by atoms with Crippen molar-refractivity contribution in [3.8, 4) is 11.8 Å². The van der Waals surface area contributed by atoms with Gasteiger partial charge in [-0.1, -0.05) is 23.7 Å². The maximum absolute atomic E-state index is 11.9. The number of methoxy groups -OCH3 is 1. The molecular formula is C17H12ClNO4S. The zero-order chi connectivity index (χ0) is 17.5. The summed E-state index contributed by atoms with van der Waals surface area (Å²) in [5, 5.41) is 9.10. The molecule has 0 saturated carbocycles. The van der Waals surface area contributed by atoms with Crippen molar-refractivity contribution in [1.29, 1.82) is 5.26 Å². The highest BCUT2D eigenvalue weighted by atomic mass is 35.5. The third-order valence-corrected chi connectivity index (χ3v) is 4.22. The lowest BCUT2D eigenvalue weighted by Crippen LogP contribution is -2.14. The van der Waals surface area contributed by atoms with E-state index in [1.54, 1.807) is 49.6 Å². The van der Waals surface area contributed by atoms with Gasteiger partial charge < -0.3 is 9.47 Å². The number of nitrogens with zero attached hydrogens (tertiary/aromatic N) is 1. The van der Waals surface area contributed by atoms with Crippen LogP contribution in [0, 0.1) is 11.3 Å². The van der Waals surface area contributed by atoms with Gasteiger partial charge in [0.2, 0.25) is 5.78 Å². The third kappa shape index (κ3) is 4.69. The second kappa shape index (κ2) is 8.29. The summed E-state index contributed by atoms with van der Waals surface area (Å²) in [7, 11) is 1.54. The van der Waals surface area contributed by atoms with Gasteiger partial charge in [0.1, 0.15) is 17.4 Å². The molecule has 0 radical (unpaired) electrons. The summed E-state index contributed by atoms with van der Waals surface area (Å²) >= 11 is 6.85. The molecule has 1 heterocycles. The summed E-state index contributed by atoms with van der Waals surface area (Å²) in [6.45, 7) is -0.447. The van der Waals surface area contributed by atoms with E-state index in [2.05, 4.69) is 0 Å². The average Bonchev–Trinajstić information content (AvgIpc) is 3.04. The summed E-state index contributed by atoms with van der Waals surface area (Å²) in [4.78, 5) is 24.2. The van der Waals surface area contributed by atoms with Crippen molar-refractivity contribution in [3.05, 3.63) is 56.7 Å². The fraction of sp³-hybridized carbons (Fsp3) is 0.118. The standard InChI is InChI=1S/C17H12ClNO4S/c1-22-13-4-2-11(3-5-13)8-12(9-19)17(21)23-10-14(20)15-6-7-16(18)24-15/h2-8H,10H2,1H3/b12-8+. The highest BCUT2D eigenvalue weighted by Gasteiger charge is 2.15. The van der Waals surface area contributed by atoms with Crippen molar-refractivity contribution < 1.29 is 19.1 Å². The lowest BCUT2D eigenvalue weighted by Gasteiger charge is -2.03. The molecule has 0 aliphatic carbocycles. The molecule has 24 heavy (non-hydrogen) atoms. The van der Waals surface area contributed by atoms with Gasteiger partial charge in [-0.05, 0) is 35.9 Å². The number of hydrogen-bond donors (Lipinski definition) is 0. The minimum absolute atomic E-state index is 0.197. The first-order valence-electron chi connectivity index (χ1n) is 6.75. The Bertz CT molecular complexity index is 818. The van der Waals surface area contributed by atoms with Gasteiger partial charge in [-0.2, -0.15) is 5.26 Å². The van der Waals surface area contributed by atoms with Gasteiger partial charge in [0.25, 0.3) is 0 Å². The number of rotatable bonds is 6. The zero-order valence-electron chi connectivity index (χ0n) is 12.6. The lowest BCUT2D eigenvalue weighted by atomic mass is 10.1. The number of hydrogen-bond acceptors (Lipinski definition) is 6. The van der Waals surface area contributed by atoms with Crippen LogP contribution in [0.3, 0.4) is 0 Å². The van der Waals surface area contributed by atoms with Crippen LogP contribution in [0.5, 0.6) is 5.75 Å². The van der Waals surface area contributed by atoms with Crippen LogP contribution in [0.15, 0.2) is 42.0 Å².